The molecule has 0 saturated heterocycles. The van der Waals surface area contributed by atoms with Gasteiger partial charge in [-0.1, -0.05) is 13.0 Å². The Balaban J connectivity index is 2.79. The van der Waals surface area contributed by atoms with Gasteiger partial charge in [0.1, 0.15) is 0 Å². The van der Waals surface area contributed by atoms with E-state index in [0.29, 0.717) is 5.11 Å². The van der Waals surface area contributed by atoms with Gasteiger partial charge in [-0.05, 0) is 43.3 Å². The number of thiocarbonyl (C=S) groups is 1. The van der Waals surface area contributed by atoms with Crippen molar-refractivity contribution in [3.63, 3.8) is 0 Å². The van der Waals surface area contributed by atoms with Gasteiger partial charge >= 0.3 is 5.97 Å². The van der Waals surface area contributed by atoms with Crippen LogP contribution >= 0.6 is 12.2 Å². The van der Waals surface area contributed by atoms with Crippen LogP contribution in [0, 0.1) is 6.92 Å². The SMILES string of the molecule is CCCNC(=S)Nc1cc(C(=O)O)ccc1C. The Kier molecular flexibility index (Phi) is 4.90. The highest BCUT2D eigenvalue weighted by Crippen LogP contribution is 2.16. The van der Waals surface area contributed by atoms with Gasteiger partial charge in [0.2, 0.25) is 0 Å². The van der Waals surface area contributed by atoms with Gasteiger partial charge in [-0.15, -0.1) is 0 Å². The van der Waals surface area contributed by atoms with Gasteiger partial charge < -0.3 is 15.7 Å². The molecule has 0 aliphatic rings. The number of hydrogen-bond acceptors (Lipinski definition) is 2. The minimum atomic E-state index is -0.944. The van der Waals surface area contributed by atoms with Crippen LogP contribution in [0.15, 0.2) is 18.2 Å². The van der Waals surface area contributed by atoms with Gasteiger partial charge in [-0.25, -0.2) is 4.79 Å². The normalized spacial score (nSPS) is 9.76. The predicted octanol–water partition coefficient (Wildman–Crippen LogP) is 2.39. The van der Waals surface area contributed by atoms with Crippen LogP contribution in [0.1, 0.15) is 29.3 Å². The number of carboxylic acids is 1. The van der Waals surface area contributed by atoms with E-state index in [9.17, 15) is 4.79 Å². The molecule has 1 rings (SSSR count). The van der Waals surface area contributed by atoms with Crippen LogP contribution < -0.4 is 10.6 Å². The number of carboxylic acid groups (broad SMARTS) is 1. The second kappa shape index (κ2) is 6.20. The molecule has 0 heterocycles. The molecule has 0 fully saturated rings. The van der Waals surface area contributed by atoms with E-state index in [4.69, 9.17) is 17.3 Å². The number of rotatable bonds is 4. The lowest BCUT2D eigenvalue weighted by Gasteiger charge is -2.12. The van der Waals surface area contributed by atoms with Crippen LogP contribution in [0.3, 0.4) is 0 Å². The maximum atomic E-state index is 10.8. The van der Waals surface area contributed by atoms with E-state index in [0.717, 1.165) is 24.2 Å². The minimum Gasteiger partial charge on any atom is -0.478 e. The Morgan fingerprint density at radius 1 is 1.47 bits per heavy atom. The zero-order valence-electron chi connectivity index (χ0n) is 9.91. The second-order valence-corrected chi connectivity index (χ2v) is 4.12. The van der Waals surface area contributed by atoms with Crippen molar-refractivity contribution >= 4 is 29.0 Å². The van der Waals surface area contributed by atoms with Crippen LogP contribution in [-0.2, 0) is 0 Å². The zero-order valence-corrected chi connectivity index (χ0v) is 10.7. The minimum absolute atomic E-state index is 0.247. The first kappa shape index (κ1) is 13.4. The van der Waals surface area contributed by atoms with Gasteiger partial charge in [0, 0.05) is 12.2 Å². The summed E-state index contributed by atoms with van der Waals surface area (Å²) in [7, 11) is 0. The lowest BCUT2D eigenvalue weighted by molar-refractivity contribution is 0.0697. The topological polar surface area (TPSA) is 61.4 Å². The van der Waals surface area contributed by atoms with Crippen molar-refractivity contribution in [2.24, 2.45) is 0 Å². The molecule has 0 aliphatic carbocycles. The molecule has 0 aromatic heterocycles. The van der Waals surface area contributed by atoms with Crippen molar-refractivity contribution in [2.45, 2.75) is 20.3 Å². The molecule has 0 amide bonds. The van der Waals surface area contributed by atoms with E-state index in [1.165, 1.54) is 0 Å². The number of anilines is 1. The van der Waals surface area contributed by atoms with Crippen molar-refractivity contribution in [1.29, 1.82) is 0 Å². The summed E-state index contributed by atoms with van der Waals surface area (Å²) in [6.07, 6.45) is 0.982. The number of carbonyl (C=O) groups is 1. The quantitative estimate of drug-likeness (QED) is 0.718. The summed E-state index contributed by atoms with van der Waals surface area (Å²) >= 11 is 5.10. The largest absolute Gasteiger partial charge is 0.478 e. The van der Waals surface area contributed by atoms with Gasteiger partial charge in [0.15, 0.2) is 5.11 Å². The molecule has 0 saturated carbocycles. The van der Waals surface area contributed by atoms with E-state index < -0.39 is 5.97 Å². The molecular weight excluding hydrogens is 236 g/mol. The molecule has 92 valence electrons. The van der Waals surface area contributed by atoms with Crippen molar-refractivity contribution < 1.29 is 9.90 Å². The number of aryl methyl sites for hydroxylation is 1. The van der Waals surface area contributed by atoms with Crippen LogP contribution in [0.2, 0.25) is 0 Å². The maximum Gasteiger partial charge on any atom is 0.335 e. The third-order valence-corrected chi connectivity index (χ3v) is 2.51. The average molecular weight is 252 g/mol. The summed E-state index contributed by atoms with van der Waals surface area (Å²) in [6, 6.07) is 4.91. The predicted molar refractivity (Wildman–Crippen MR) is 72.7 cm³/mol. The van der Waals surface area contributed by atoms with Gasteiger partial charge in [0.25, 0.3) is 0 Å². The molecule has 0 aliphatic heterocycles. The molecule has 4 nitrogen and oxygen atoms in total. The van der Waals surface area contributed by atoms with Crippen LogP contribution in [-0.4, -0.2) is 22.7 Å². The molecule has 1 aromatic rings. The summed E-state index contributed by atoms with van der Waals surface area (Å²) in [5.41, 5.74) is 1.92. The third kappa shape index (κ3) is 4.03. The lowest BCUT2D eigenvalue weighted by atomic mass is 10.1. The summed E-state index contributed by atoms with van der Waals surface area (Å²) in [5.74, 6) is -0.944. The molecule has 17 heavy (non-hydrogen) atoms. The summed E-state index contributed by atoms with van der Waals surface area (Å²) in [5, 5.41) is 15.4. The van der Waals surface area contributed by atoms with Gasteiger partial charge in [0.05, 0.1) is 5.56 Å². The maximum absolute atomic E-state index is 10.8. The number of hydrogen-bond donors (Lipinski definition) is 3. The average Bonchev–Trinajstić information content (AvgIpc) is 2.29. The third-order valence-electron chi connectivity index (χ3n) is 2.27. The van der Waals surface area contributed by atoms with Crippen molar-refractivity contribution in [1.82, 2.24) is 5.32 Å². The Morgan fingerprint density at radius 3 is 2.76 bits per heavy atom. The van der Waals surface area contributed by atoms with Crippen molar-refractivity contribution in [3.05, 3.63) is 29.3 Å². The molecule has 0 spiro atoms. The zero-order chi connectivity index (χ0) is 12.8. The van der Waals surface area contributed by atoms with E-state index in [-0.39, 0.29) is 5.56 Å². The first-order valence-corrected chi connectivity index (χ1v) is 5.84. The second-order valence-electron chi connectivity index (χ2n) is 3.72. The number of aromatic carboxylic acids is 1. The standard InChI is InChI=1S/C12H16N2O2S/c1-3-6-13-12(17)14-10-7-9(11(15)16)5-4-8(10)2/h4-5,7H,3,6H2,1-2H3,(H,15,16)(H2,13,14,17). The molecule has 5 heteroatoms. The summed E-state index contributed by atoms with van der Waals surface area (Å²) in [6.45, 7) is 4.74. The number of nitrogens with one attached hydrogen (secondary N) is 2. The highest BCUT2D eigenvalue weighted by atomic mass is 32.1. The van der Waals surface area contributed by atoms with Crippen LogP contribution in [0.4, 0.5) is 5.69 Å². The Hall–Kier alpha value is -1.62. The fourth-order valence-corrected chi connectivity index (χ4v) is 1.51. The monoisotopic (exact) mass is 252 g/mol. The molecule has 0 unspecified atom stereocenters. The van der Waals surface area contributed by atoms with Crippen LogP contribution in [0.5, 0.6) is 0 Å². The number of benzene rings is 1. The molecule has 0 bridgehead atoms. The molecule has 3 N–H and O–H groups in total. The van der Waals surface area contributed by atoms with E-state index >= 15 is 0 Å². The van der Waals surface area contributed by atoms with Crippen molar-refractivity contribution in [2.75, 3.05) is 11.9 Å². The smallest absolute Gasteiger partial charge is 0.335 e. The van der Waals surface area contributed by atoms with E-state index in [1.807, 2.05) is 13.8 Å². The lowest BCUT2D eigenvalue weighted by Crippen LogP contribution is -2.29. The van der Waals surface area contributed by atoms with Gasteiger partial charge in [-0.3, -0.25) is 0 Å². The molecule has 0 radical (unpaired) electrons. The van der Waals surface area contributed by atoms with Crippen molar-refractivity contribution in [3.8, 4) is 0 Å². The first-order chi connectivity index (χ1) is 8.04. The van der Waals surface area contributed by atoms with E-state index in [2.05, 4.69) is 10.6 Å². The molecule has 1 aromatic carbocycles. The summed E-state index contributed by atoms with van der Waals surface area (Å²) in [4.78, 5) is 10.8. The Morgan fingerprint density at radius 2 is 2.18 bits per heavy atom. The molecule has 0 atom stereocenters. The molecular formula is C12H16N2O2S. The highest BCUT2D eigenvalue weighted by molar-refractivity contribution is 7.80. The Labute approximate surface area is 106 Å². The fourth-order valence-electron chi connectivity index (χ4n) is 1.29. The Bertz CT molecular complexity index is 433. The highest BCUT2D eigenvalue weighted by Gasteiger charge is 2.06. The van der Waals surface area contributed by atoms with Gasteiger partial charge in [-0.2, -0.15) is 0 Å². The van der Waals surface area contributed by atoms with Crippen LogP contribution in [0.25, 0.3) is 0 Å². The summed E-state index contributed by atoms with van der Waals surface area (Å²) < 4.78 is 0. The fraction of sp³-hybridized carbons (Fsp3) is 0.333. The van der Waals surface area contributed by atoms with E-state index in [1.54, 1.807) is 18.2 Å². The first-order valence-electron chi connectivity index (χ1n) is 5.43.